The molecule has 302 valence electrons. The van der Waals surface area contributed by atoms with E-state index in [1.54, 1.807) is 0 Å². The van der Waals surface area contributed by atoms with Crippen LogP contribution in [0.2, 0.25) is 0 Å². The van der Waals surface area contributed by atoms with Crippen molar-refractivity contribution in [1.29, 1.82) is 0 Å². The molecular weight excluding hydrogens is 695 g/mol. The van der Waals surface area contributed by atoms with Crippen molar-refractivity contribution >= 4 is 11.8 Å². The monoisotopic (exact) mass is 759 g/mol. The molecule has 0 bridgehead atoms. The minimum Gasteiger partial charge on any atom is -0.392 e. The quantitative estimate of drug-likeness (QED) is 0.116. The van der Waals surface area contributed by atoms with E-state index < -0.39 is 30.3 Å². The number of amides is 2. The fraction of sp³-hybridized carbons (Fsp3) is 0.674. The summed E-state index contributed by atoms with van der Waals surface area (Å²) in [6, 6.07) is 14.3. The third-order valence-corrected chi connectivity index (χ3v) is 11.0. The van der Waals surface area contributed by atoms with Gasteiger partial charge in [-0.15, -0.1) is 0 Å². The number of carbonyl (C=O) groups is 2. The number of hydrogen-bond donors (Lipinski definition) is 2. The van der Waals surface area contributed by atoms with Gasteiger partial charge in [-0.25, -0.2) is 0 Å². The standard InChI is InChI=1S/C43H64F3N3O5/c1-4-6-8-10-12-14-26-48(27-15-13-11-9-7-5-2)30-38-32(3)39(35-22-20-34(31-50)21-23-35)54-41(53-38)36-24-18-33(19-25-36)29-47-40(51)37-17-16-28-49(37)42(52)43(44,45)46/h18-25,32,37-39,41,50H,4-17,26-31H2,1-3H3,(H,47,51). The molecule has 2 aromatic rings. The van der Waals surface area contributed by atoms with E-state index >= 15 is 0 Å². The van der Waals surface area contributed by atoms with Crippen molar-refractivity contribution in [2.75, 3.05) is 26.2 Å². The van der Waals surface area contributed by atoms with Crippen LogP contribution >= 0.6 is 0 Å². The Morgan fingerprint density at radius 1 is 0.815 bits per heavy atom. The molecule has 0 saturated carbocycles. The van der Waals surface area contributed by atoms with Crippen LogP contribution < -0.4 is 5.32 Å². The van der Waals surface area contributed by atoms with E-state index in [2.05, 4.69) is 31.0 Å². The van der Waals surface area contributed by atoms with Gasteiger partial charge in [-0.05, 0) is 55.5 Å². The zero-order chi connectivity index (χ0) is 38.9. The predicted octanol–water partition coefficient (Wildman–Crippen LogP) is 9.16. The second-order valence-corrected chi connectivity index (χ2v) is 15.3. The van der Waals surface area contributed by atoms with E-state index in [1.807, 2.05) is 48.5 Å². The largest absolute Gasteiger partial charge is 0.471 e. The Hall–Kier alpha value is -2.99. The highest BCUT2D eigenvalue weighted by Crippen LogP contribution is 2.42. The summed E-state index contributed by atoms with van der Waals surface area (Å²) in [5.74, 6) is -2.50. The van der Waals surface area contributed by atoms with E-state index in [-0.39, 0.29) is 44.2 Å². The number of ether oxygens (including phenoxy) is 2. The predicted molar refractivity (Wildman–Crippen MR) is 205 cm³/mol. The summed E-state index contributed by atoms with van der Waals surface area (Å²) in [6.07, 6.45) is 9.55. The van der Waals surface area contributed by atoms with Gasteiger partial charge < -0.3 is 29.7 Å². The van der Waals surface area contributed by atoms with Crippen LogP contribution in [0.25, 0.3) is 0 Å². The fourth-order valence-corrected chi connectivity index (χ4v) is 7.65. The minimum absolute atomic E-state index is 0.0288. The molecule has 2 saturated heterocycles. The topological polar surface area (TPSA) is 91.3 Å². The molecule has 5 unspecified atom stereocenters. The average molecular weight is 760 g/mol. The number of hydrogen-bond acceptors (Lipinski definition) is 6. The Balaban J connectivity index is 1.45. The molecule has 2 heterocycles. The Bertz CT molecular complexity index is 1370. The van der Waals surface area contributed by atoms with Crippen LogP contribution in [0, 0.1) is 5.92 Å². The number of aliphatic hydroxyl groups excluding tert-OH is 1. The smallest absolute Gasteiger partial charge is 0.392 e. The molecule has 11 heteroatoms. The summed E-state index contributed by atoms with van der Waals surface area (Å²) in [4.78, 5) is 27.9. The summed E-state index contributed by atoms with van der Waals surface area (Å²) in [6.45, 7) is 9.56. The Labute approximate surface area is 321 Å². The van der Waals surface area contributed by atoms with Gasteiger partial charge in [0.15, 0.2) is 6.29 Å². The molecule has 2 aliphatic heterocycles. The van der Waals surface area contributed by atoms with E-state index in [9.17, 15) is 27.9 Å². The van der Waals surface area contributed by atoms with Crippen molar-refractivity contribution in [2.24, 2.45) is 5.92 Å². The first-order valence-electron chi connectivity index (χ1n) is 20.5. The SMILES string of the molecule is CCCCCCCCN(CCCCCCCC)CC1OC(c2ccc(CNC(=O)C3CCCN3C(=O)C(F)(F)F)cc2)OC(c2ccc(CO)cc2)C1C. The summed E-state index contributed by atoms with van der Waals surface area (Å²) < 4.78 is 52.7. The second-order valence-electron chi connectivity index (χ2n) is 15.3. The number of nitrogens with one attached hydrogen (secondary N) is 1. The van der Waals surface area contributed by atoms with Crippen molar-refractivity contribution in [3.8, 4) is 0 Å². The lowest BCUT2D eigenvalue weighted by atomic mass is 9.90. The van der Waals surface area contributed by atoms with Crippen molar-refractivity contribution in [1.82, 2.24) is 15.1 Å². The highest BCUT2D eigenvalue weighted by molar-refractivity contribution is 5.90. The van der Waals surface area contributed by atoms with E-state index in [1.165, 1.54) is 77.0 Å². The van der Waals surface area contributed by atoms with Gasteiger partial charge in [0.05, 0.1) is 18.8 Å². The number of carbonyl (C=O) groups excluding carboxylic acids is 2. The number of halogens is 3. The van der Waals surface area contributed by atoms with Gasteiger partial charge in [0.2, 0.25) is 5.91 Å². The lowest BCUT2D eigenvalue weighted by Gasteiger charge is -2.43. The molecule has 0 radical (unpaired) electrons. The molecule has 2 aromatic carbocycles. The Morgan fingerprint density at radius 2 is 1.37 bits per heavy atom. The second kappa shape index (κ2) is 22.5. The summed E-state index contributed by atoms with van der Waals surface area (Å²) >= 11 is 0. The first-order chi connectivity index (χ1) is 26.0. The minimum atomic E-state index is -5.01. The van der Waals surface area contributed by atoms with Gasteiger partial charge in [0.25, 0.3) is 0 Å². The molecule has 5 atom stereocenters. The number of aliphatic hydroxyl groups is 1. The third kappa shape index (κ3) is 13.3. The molecule has 2 fully saturated rings. The van der Waals surface area contributed by atoms with Crippen molar-refractivity contribution in [3.63, 3.8) is 0 Å². The molecule has 8 nitrogen and oxygen atoms in total. The van der Waals surface area contributed by atoms with Crippen molar-refractivity contribution in [3.05, 3.63) is 70.8 Å². The van der Waals surface area contributed by atoms with Gasteiger partial charge in [-0.3, -0.25) is 9.59 Å². The van der Waals surface area contributed by atoms with Crippen LogP contribution in [0.4, 0.5) is 13.2 Å². The van der Waals surface area contributed by atoms with E-state index in [0.717, 1.165) is 41.9 Å². The maximum Gasteiger partial charge on any atom is 0.471 e. The van der Waals surface area contributed by atoms with Crippen molar-refractivity contribution in [2.45, 2.75) is 155 Å². The molecule has 2 N–H and O–H groups in total. The summed E-state index contributed by atoms with van der Waals surface area (Å²) in [7, 11) is 0. The first-order valence-corrected chi connectivity index (χ1v) is 20.5. The van der Waals surface area contributed by atoms with Gasteiger partial charge >= 0.3 is 12.1 Å². The van der Waals surface area contributed by atoms with E-state index in [4.69, 9.17) is 9.47 Å². The molecule has 0 aromatic heterocycles. The molecule has 2 amide bonds. The molecule has 0 aliphatic carbocycles. The fourth-order valence-electron chi connectivity index (χ4n) is 7.65. The number of unbranched alkanes of at least 4 members (excludes halogenated alkanes) is 10. The lowest BCUT2D eigenvalue weighted by Crippen LogP contribution is -2.50. The lowest BCUT2D eigenvalue weighted by molar-refractivity contribution is -0.276. The number of benzene rings is 2. The zero-order valence-corrected chi connectivity index (χ0v) is 32.8. The van der Waals surface area contributed by atoms with Crippen LogP contribution in [0.3, 0.4) is 0 Å². The van der Waals surface area contributed by atoms with Gasteiger partial charge in [-0.1, -0.05) is 134 Å². The number of rotatable bonds is 22. The van der Waals surface area contributed by atoms with Gasteiger partial charge in [0.1, 0.15) is 6.04 Å². The summed E-state index contributed by atoms with van der Waals surface area (Å²) in [5.41, 5.74) is 3.46. The normalized spacial score (nSPS) is 21.9. The number of likely N-dealkylation sites (tertiary alicyclic amines) is 1. The van der Waals surface area contributed by atoms with E-state index in [0.29, 0.717) is 11.3 Å². The molecular formula is C43H64F3N3O5. The Morgan fingerprint density at radius 3 is 1.94 bits per heavy atom. The molecule has 54 heavy (non-hydrogen) atoms. The van der Waals surface area contributed by atoms with Crippen LogP contribution in [-0.2, 0) is 32.2 Å². The number of alkyl halides is 3. The van der Waals surface area contributed by atoms with Crippen LogP contribution in [0.5, 0.6) is 0 Å². The first kappa shape index (κ1) is 43.7. The maximum atomic E-state index is 13.1. The average Bonchev–Trinajstić information content (AvgIpc) is 3.67. The Kier molecular flexibility index (Phi) is 18.3. The van der Waals surface area contributed by atoms with Crippen LogP contribution in [0.15, 0.2) is 48.5 Å². The molecule has 2 aliphatic rings. The van der Waals surface area contributed by atoms with Gasteiger partial charge in [-0.2, -0.15) is 13.2 Å². The molecule has 0 spiro atoms. The highest BCUT2D eigenvalue weighted by atomic mass is 19.4. The zero-order valence-electron chi connectivity index (χ0n) is 32.8. The molecule has 4 rings (SSSR count). The number of nitrogens with zero attached hydrogens (tertiary/aromatic N) is 2. The van der Waals surface area contributed by atoms with Crippen LogP contribution in [0.1, 0.15) is 145 Å². The van der Waals surface area contributed by atoms with Crippen molar-refractivity contribution < 1.29 is 37.3 Å². The van der Waals surface area contributed by atoms with Gasteiger partial charge in [0, 0.05) is 31.1 Å². The van der Waals surface area contributed by atoms with Crippen LogP contribution in [-0.4, -0.2) is 71.2 Å². The highest BCUT2D eigenvalue weighted by Gasteiger charge is 2.47. The summed E-state index contributed by atoms with van der Waals surface area (Å²) in [5, 5.41) is 12.4. The third-order valence-electron chi connectivity index (χ3n) is 11.0. The maximum absolute atomic E-state index is 13.1.